The highest BCUT2D eigenvalue weighted by atomic mass is 16.4. The minimum atomic E-state index is -0.810. The molecular weight excluding hydrogens is 130 g/mol. The van der Waals surface area contributed by atoms with Gasteiger partial charge in [-0.25, -0.2) is 0 Å². The zero-order chi connectivity index (χ0) is 8.36. The molecule has 0 aromatic rings. The predicted molar refractivity (Wildman–Crippen MR) is 39.6 cm³/mol. The Morgan fingerprint density at radius 2 is 2.00 bits per heavy atom. The van der Waals surface area contributed by atoms with Crippen LogP contribution in [0.3, 0.4) is 0 Å². The molecule has 0 bridgehead atoms. The van der Waals surface area contributed by atoms with Crippen LogP contribution in [0.5, 0.6) is 0 Å². The molecule has 0 amide bonds. The standard InChI is InChI=1S/C7H15NO2/c1-7(2,3)5(4-8)6(9)10/h5H,4,8H2,1-3H3,(H,9,10)/t5-/m1/s1. The van der Waals surface area contributed by atoms with Crippen molar-refractivity contribution in [3.63, 3.8) is 0 Å². The van der Waals surface area contributed by atoms with E-state index in [2.05, 4.69) is 0 Å². The third-order valence-electron chi connectivity index (χ3n) is 1.58. The Hall–Kier alpha value is -0.570. The number of carboxylic acids is 1. The second-order valence-corrected chi connectivity index (χ2v) is 3.49. The van der Waals surface area contributed by atoms with Crippen LogP contribution < -0.4 is 5.73 Å². The summed E-state index contributed by atoms with van der Waals surface area (Å²) in [4.78, 5) is 10.5. The SMILES string of the molecule is CC(C)(C)[C@H](CN)C(=O)O. The summed E-state index contributed by atoms with van der Waals surface area (Å²) >= 11 is 0. The van der Waals surface area contributed by atoms with Crippen LogP contribution >= 0.6 is 0 Å². The number of carbonyl (C=O) groups is 1. The summed E-state index contributed by atoms with van der Waals surface area (Å²) in [6.45, 7) is 5.83. The molecule has 0 saturated heterocycles. The topological polar surface area (TPSA) is 63.3 Å². The zero-order valence-electron chi connectivity index (χ0n) is 6.72. The van der Waals surface area contributed by atoms with Gasteiger partial charge in [0.2, 0.25) is 0 Å². The van der Waals surface area contributed by atoms with Crippen molar-refractivity contribution in [2.75, 3.05) is 6.54 Å². The van der Waals surface area contributed by atoms with Crippen molar-refractivity contribution in [3.8, 4) is 0 Å². The van der Waals surface area contributed by atoms with E-state index < -0.39 is 11.9 Å². The molecule has 1 atom stereocenters. The van der Waals surface area contributed by atoms with E-state index in [1.54, 1.807) is 0 Å². The zero-order valence-corrected chi connectivity index (χ0v) is 6.72. The van der Waals surface area contributed by atoms with Crippen molar-refractivity contribution < 1.29 is 9.90 Å². The van der Waals surface area contributed by atoms with Crippen LogP contribution in [0.2, 0.25) is 0 Å². The molecule has 3 N–H and O–H groups in total. The van der Waals surface area contributed by atoms with Crippen molar-refractivity contribution in [2.24, 2.45) is 17.1 Å². The lowest BCUT2D eigenvalue weighted by Crippen LogP contribution is -2.34. The molecule has 0 aromatic heterocycles. The molecule has 10 heavy (non-hydrogen) atoms. The first-order valence-electron chi connectivity index (χ1n) is 3.32. The molecule has 0 fully saturated rings. The van der Waals surface area contributed by atoms with Gasteiger partial charge in [-0.1, -0.05) is 20.8 Å². The molecule has 0 radical (unpaired) electrons. The van der Waals surface area contributed by atoms with Gasteiger partial charge in [0.1, 0.15) is 0 Å². The fourth-order valence-electron chi connectivity index (χ4n) is 0.825. The van der Waals surface area contributed by atoms with Crippen LogP contribution in [0.25, 0.3) is 0 Å². The highest BCUT2D eigenvalue weighted by Crippen LogP contribution is 2.24. The van der Waals surface area contributed by atoms with Crippen LogP contribution in [-0.2, 0) is 4.79 Å². The van der Waals surface area contributed by atoms with Crippen molar-refractivity contribution in [2.45, 2.75) is 20.8 Å². The maximum atomic E-state index is 10.5. The minimum Gasteiger partial charge on any atom is -0.481 e. The summed E-state index contributed by atoms with van der Waals surface area (Å²) in [5, 5.41) is 8.63. The van der Waals surface area contributed by atoms with Gasteiger partial charge in [0.05, 0.1) is 5.92 Å². The molecular formula is C7H15NO2. The summed E-state index contributed by atoms with van der Waals surface area (Å²) in [7, 11) is 0. The maximum absolute atomic E-state index is 10.5. The van der Waals surface area contributed by atoms with Gasteiger partial charge >= 0.3 is 5.97 Å². The van der Waals surface area contributed by atoms with Gasteiger partial charge in [0, 0.05) is 6.54 Å². The van der Waals surface area contributed by atoms with Gasteiger partial charge in [-0.15, -0.1) is 0 Å². The molecule has 0 unspecified atom stereocenters. The maximum Gasteiger partial charge on any atom is 0.308 e. The Morgan fingerprint density at radius 3 is 2.00 bits per heavy atom. The summed E-state index contributed by atoms with van der Waals surface area (Å²) < 4.78 is 0. The third kappa shape index (κ3) is 2.35. The van der Waals surface area contributed by atoms with E-state index in [0.29, 0.717) is 0 Å². The molecule has 3 heteroatoms. The van der Waals surface area contributed by atoms with E-state index in [-0.39, 0.29) is 12.0 Å². The fraction of sp³-hybridized carbons (Fsp3) is 0.857. The highest BCUT2D eigenvalue weighted by Gasteiger charge is 2.29. The molecule has 0 heterocycles. The highest BCUT2D eigenvalue weighted by molar-refractivity contribution is 5.71. The Bertz CT molecular complexity index is 126. The lowest BCUT2D eigenvalue weighted by molar-refractivity contribution is -0.144. The smallest absolute Gasteiger partial charge is 0.308 e. The lowest BCUT2D eigenvalue weighted by Gasteiger charge is -2.25. The average molecular weight is 145 g/mol. The van der Waals surface area contributed by atoms with Crippen molar-refractivity contribution in [1.82, 2.24) is 0 Å². The number of nitrogens with two attached hydrogens (primary N) is 1. The number of hydrogen-bond acceptors (Lipinski definition) is 2. The van der Waals surface area contributed by atoms with Crippen LogP contribution in [0.15, 0.2) is 0 Å². The quantitative estimate of drug-likeness (QED) is 0.601. The molecule has 0 saturated carbocycles. The number of aliphatic carboxylic acids is 1. The Kier molecular flexibility index (Phi) is 2.84. The van der Waals surface area contributed by atoms with Gasteiger partial charge < -0.3 is 10.8 Å². The Balaban J connectivity index is 4.22. The van der Waals surface area contributed by atoms with Crippen LogP contribution in [0.4, 0.5) is 0 Å². The van der Waals surface area contributed by atoms with Gasteiger partial charge in [-0.05, 0) is 5.41 Å². The Morgan fingerprint density at radius 1 is 1.60 bits per heavy atom. The second-order valence-electron chi connectivity index (χ2n) is 3.49. The summed E-state index contributed by atoms with van der Waals surface area (Å²) in [6, 6.07) is 0. The second kappa shape index (κ2) is 3.01. The predicted octanol–water partition coefficient (Wildman–Crippen LogP) is 0.692. The normalized spacial score (nSPS) is 14.8. The number of rotatable bonds is 2. The molecule has 0 spiro atoms. The van der Waals surface area contributed by atoms with Gasteiger partial charge in [-0.2, -0.15) is 0 Å². The molecule has 60 valence electrons. The van der Waals surface area contributed by atoms with E-state index in [1.165, 1.54) is 0 Å². The summed E-state index contributed by atoms with van der Waals surface area (Å²) in [5.41, 5.74) is 5.04. The number of carboxylic acid groups (broad SMARTS) is 1. The lowest BCUT2D eigenvalue weighted by atomic mass is 9.81. The van der Waals surface area contributed by atoms with E-state index in [0.717, 1.165) is 0 Å². The first-order valence-corrected chi connectivity index (χ1v) is 3.32. The van der Waals surface area contributed by atoms with Gasteiger partial charge in [-0.3, -0.25) is 4.79 Å². The van der Waals surface area contributed by atoms with Crippen LogP contribution in [0.1, 0.15) is 20.8 Å². The van der Waals surface area contributed by atoms with E-state index in [1.807, 2.05) is 20.8 Å². The number of hydrogen-bond donors (Lipinski definition) is 2. The average Bonchev–Trinajstić information content (AvgIpc) is 1.60. The minimum absolute atomic E-state index is 0.207. The van der Waals surface area contributed by atoms with Crippen molar-refractivity contribution in [3.05, 3.63) is 0 Å². The first-order chi connectivity index (χ1) is 4.39. The largest absolute Gasteiger partial charge is 0.481 e. The summed E-state index contributed by atoms with van der Waals surface area (Å²) in [5.74, 6) is -1.25. The van der Waals surface area contributed by atoms with E-state index in [4.69, 9.17) is 10.8 Å². The van der Waals surface area contributed by atoms with Crippen LogP contribution in [0, 0.1) is 11.3 Å². The molecule has 0 aromatic carbocycles. The fourth-order valence-corrected chi connectivity index (χ4v) is 0.825. The molecule has 0 aliphatic heterocycles. The molecule has 0 rings (SSSR count). The molecule has 0 aliphatic rings. The van der Waals surface area contributed by atoms with Gasteiger partial charge in [0.25, 0.3) is 0 Å². The third-order valence-corrected chi connectivity index (χ3v) is 1.58. The molecule has 3 nitrogen and oxygen atoms in total. The first kappa shape index (κ1) is 9.43. The Labute approximate surface area is 61.2 Å². The van der Waals surface area contributed by atoms with Gasteiger partial charge in [0.15, 0.2) is 0 Å². The van der Waals surface area contributed by atoms with Crippen molar-refractivity contribution in [1.29, 1.82) is 0 Å². The monoisotopic (exact) mass is 145 g/mol. The molecule has 0 aliphatic carbocycles. The van der Waals surface area contributed by atoms with Crippen molar-refractivity contribution >= 4 is 5.97 Å². The van der Waals surface area contributed by atoms with E-state index >= 15 is 0 Å². The van der Waals surface area contributed by atoms with Crippen LogP contribution in [-0.4, -0.2) is 17.6 Å². The van der Waals surface area contributed by atoms with E-state index in [9.17, 15) is 4.79 Å². The summed E-state index contributed by atoms with van der Waals surface area (Å²) in [6.07, 6.45) is 0.